The van der Waals surface area contributed by atoms with Crippen molar-refractivity contribution in [2.75, 3.05) is 6.61 Å². The molecular weight excluding hydrogens is 180 g/mol. The molecule has 0 aliphatic heterocycles. The van der Waals surface area contributed by atoms with Gasteiger partial charge in [-0.1, -0.05) is 0 Å². The molecule has 3 nitrogen and oxygen atoms in total. The van der Waals surface area contributed by atoms with Crippen LogP contribution in [0.25, 0.3) is 0 Å². The molecule has 0 fully saturated rings. The molecule has 0 aliphatic carbocycles. The lowest BCUT2D eigenvalue weighted by Gasteiger charge is -2.11. The van der Waals surface area contributed by atoms with E-state index in [1.165, 1.54) is 0 Å². The topological polar surface area (TPSA) is 66.5 Å². The van der Waals surface area contributed by atoms with E-state index in [9.17, 15) is 8.78 Å². The van der Waals surface area contributed by atoms with E-state index in [0.717, 1.165) is 12.1 Å². The van der Waals surface area contributed by atoms with Crippen LogP contribution in [0, 0.1) is 11.6 Å². The van der Waals surface area contributed by atoms with Gasteiger partial charge in [-0.25, -0.2) is 8.78 Å². The van der Waals surface area contributed by atoms with E-state index in [1.54, 1.807) is 0 Å². The third-order valence-corrected chi connectivity index (χ3v) is 1.68. The molecule has 4 N–H and O–H groups in total. The van der Waals surface area contributed by atoms with Gasteiger partial charge in [-0.15, -0.1) is 0 Å². The molecular formula is C8H9F2NO2. The lowest BCUT2D eigenvalue weighted by Crippen LogP contribution is -2.17. The molecule has 0 radical (unpaired) electrons. The number of nitrogens with two attached hydrogens (primary N) is 1. The minimum absolute atomic E-state index is 0.400. The first-order valence-corrected chi connectivity index (χ1v) is 3.61. The predicted molar refractivity (Wildman–Crippen MR) is 42.0 cm³/mol. The third-order valence-electron chi connectivity index (χ3n) is 1.68. The molecule has 0 spiro atoms. The van der Waals surface area contributed by atoms with Gasteiger partial charge in [-0.2, -0.15) is 0 Å². The molecule has 1 aromatic rings. The Balaban J connectivity index is 3.25. The number of aliphatic hydroxyl groups is 1. The zero-order valence-electron chi connectivity index (χ0n) is 6.67. The summed E-state index contributed by atoms with van der Waals surface area (Å²) in [6.07, 6.45) is 0. The summed E-state index contributed by atoms with van der Waals surface area (Å²) in [5.74, 6) is -2.78. The van der Waals surface area contributed by atoms with Gasteiger partial charge in [-0.3, -0.25) is 0 Å². The highest BCUT2D eigenvalue weighted by molar-refractivity contribution is 5.36. The summed E-state index contributed by atoms with van der Waals surface area (Å²) in [4.78, 5) is 0. The SMILES string of the molecule is NC(CO)c1c(O)ccc(F)c1F. The monoisotopic (exact) mass is 189 g/mol. The van der Waals surface area contributed by atoms with E-state index in [2.05, 4.69) is 0 Å². The van der Waals surface area contributed by atoms with Gasteiger partial charge in [-0.05, 0) is 12.1 Å². The van der Waals surface area contributed by atoms with Crippen LogP contribution in [0.1, 0.15) is 11.6 Å². The fourth-order valence-corrected chi connectivity index (χ4v) is 1.00. The standard InChI is InChI=1S/C8H9F2NO2/c9-4-1-2-6(13)7(8(4)10)5(11)3-12/h1-2,5,12-13H,3,11H2. The molecule has 0 amide bonds. The maximum atomic E-state index is 13.0. The summed E-state index contributed by atoms with van der Waals surface area (Å²) >= 11 is 0. The van der Waals surface area contributed by atoms with Crippen LogP contribution in [0.3, 0.4) is 0 Å². The van der Waals surface area contributed by atoms with Gasteiger partial charge in [0.25, 0.3) is 0 Å². The van der Waals surface area contributed by atoms with Crippen LogP contribution >= 0.6 is 0 Å². The normalized spacial score (nSPS) is 12.9. The summed E-state index contributed by atoms with van der Waals surface area (Å²) in [6.45, 7) is -0.562. The van der Waals surface area contributed by atoms with Gasteiger partial charge in [0.2, 0.25) is 0 Å². The second-order valence-corrected chi connectivity index (χ2v) is 2.58. The Kier molecular flexibility index (Phi) is 2.79. The Bertz CT molecular complexity index is 317. The Hall–Kier alpha value is -1.20. The highest BCUT2D eigenvalue weighted by Crippen LogP contribution is 2.26. The molecule has 1 rings (SSSR count). The van der Waals surface area contributed by atoms with Gasteiger partial charge < -0.3 is 15.9 Å². The number of halogens is 2. The number of aliphatic hydroxyl groups excluding tert-OH is 1. The Morgan fingerprint density at radius 1 is 1.38 bits per heavy atom. The number of phenolic OH excluding ortho intramolecular Hbond substituents is 1. The van der Waals surface area contributed by atoms with Gasteiger partial charge in [0.15, 0.2) is 11.6 Å². The number of benzene rings is 1. The van der Waals surface area contributed by atoms with Crippen molar-refractivity contribution >= 4 is 0 Å². The number of hydrogen-bond donors (Lipinski definition) is 3. The zero-order chi connectivity index (χ0) is 10.0. The molecule has 1 unspecified atom stereocenters. The Morgan fingerprint density at radius 3 is 2.54 bits per heavy atom. The van der Waals surface area contributed by atoms with Crippen LogP contribution in [0.5, 0.6) is 5.75 Å². The fourth-order valence-electron chi connectivity index (χ4n) is 1.00. The molecule has 0 saturated carbocycles. The first-order valence-electron chi connectivity index (χ1n) is 3.61. The number of phenols is 1. The lowest BCUT2D eigenvalue weighted by atomic mass is 10.1. The summed E-state index contributed by atoms with van der Waals surface area (Å²) in [5, 5.41) is 17.7. The minimum Gasteiger partial charge on any atom is -0.507 e. The second-order valence-electron chi connectivity index (χ2n) is 2.58. The average molecular weight is 189 g/mol. The highest BCUT2D eigenvalue weighted by atomic mass is 19.2. The van der Waals surface area contributed by atoms with Crippen LogP contribution in [0.4, 0.5) is 8.78 Å². The van der Waals surface area contributed by atoms with E-state index < -0.39 is 35.6 Å². The molecule has 0 bridgehead atoms. The molecule has 0 heterocycles. The average Bonchev–Trinajstić information content (AvgIpc) is 2.12. The third kappa shape index (κ3) is 1.76. The molecule has 0 aliphatic rings. The van der Waals surface area contributed by atoms with Crippen molar-refractivity contribution in [3.05, 3.63) is 29.3 Å². The van der Waals surface area contributed by atoms with Gasteiger partial charge >= 0.3 is 0 Å². The van der Waals surface area contributed by atoms with Crippen LogP contribution in [-0.4, -0.2) is 16.8 Å². The second kappa shape index (κ2) is 3.68. The van der Waals surface area contributed by atoms with E-state index in [4.69, 9.17) is 15.9 Å². The summed E-state index contributed by atoms with van der Waals surface area (Å²) < 4.78 is 25.6. The Labute approximate surface area is 73.4 Å². The summed E-state index contributed by atoms with van der Waals surface area (Å²) in [7, 11) is 0. The summed E-state index contributed by atoms with van der Waals surface area (Å²) in [6, 6.07) is 0.664. The van der Waals surface area contributed by atoms with E-state index in [0.29, 0.717) is 0 Å². The molecule has 1 aromatic carbocycles. The molecule has 1 atom stereocenters. The van der Waals surface area contributed by atoms with Crippen LogP contribution in [0.15, 0.2) is 12.1 Å². The van der Waals surface area contributed by atoms with Crippen molar-refractivity contribution in [3.63, 3.8) is 0 Å². The lowest BCUT2D eigenvalue weighted by molar-refractivity contribution is 0.261. The maximum absolute atomic E-state index is 13.0. The number of hydrogen-bond acceptors (Lipinski definition) is 3. The van der Waals surface area contributed by atoms with Crippen LogP contribution in [-0.2, 0) is 0 Å². The Morgan fingerprint density at radius 2 is 2.00 bits per heavy atom. The molecule has 0 saturated heterocycles. The quantitative estimate of drug-likeness (QED) is 0.640. The minimum atomic E-state index is -1.22. The molecule has 13 heavy (non-hydrogen) atoms. The van der Waals surface area contributed by atoms with Gasteiger partial charge in [0.05, 0.1) is 18.2 Å². The van der Waals surface area contributed by atoms with E-state index >= 15 is 0 Å². The molecule has 72 valence electrons. The van der Waals surface area contributed by atoms with E-state index in [-0.39, 0.29) is 0 Å². The predicted octanol–water partition coefficient (Wildman–Crippen LogP) is 0.663. The van der Waals surface area contributed by atoms with Crippen molar-refractivity contribution in [1.29, 1.82) is 0 Å². The van der Waals surface area contributed by atoms with E-state index in [1.807, 2.05) is 0 Å². The maximum Gasteiger partial charge on any atom is 0.167 e. The van der Waals surface area contributed by atoms with Gasteiger partial charge in [0, 0.05) is 0 Å². The zero-order valence-corrected chi connectivity index (χ0v) is 6.67. The molecule has 5 heteroatoms. The van der Waals surface area contributed by atoms with Crippen molar-refractivity contribution in [2.45, 2.75) is 6.04 Å². The van der Waals surface area contributed by atoms with Crippen molar-refractivity contribution in [1.82, 2.24) is 0 Å². The van der Waals surface area contributed by atoms with Crippen molar-refractivity contribution in [2.24, 2.45) is 5.73 Å². The number of rotatable bonds is 2. The van der Waals surface area contributed by atoms with Crippen LogP contribution < -0.4 is 5.73 Å². The smallest absolute Gasteiger partial charge is 0.167 e. The van der Waals surface area contributed by atoms with Crippen molar-refractivity contribution < 1.29 is 19.0 Å². The largest absolute Gasteiger partial charge is 0.507 e. The fraction of sp³-hybridized carbons (Fsp3) is 0.250. The first-order chi connectivity index (χ1) is 6.07. The summed E-state index contributed by atoms with van der Waals surface area (Å²) in [5.41, 5.74) is 4.85. The molecule has 0 aromatic heterocycles. The highest BCUT2D eigenvalue weighted by Gasteiger charge is 2.18. The first kappa shape index (κ1) is 9.88. The number of aromatic hydroxyl groups is 1. The van der Waals surface area contributed by atoms with Gasteiger partial charge in [0.1, 0.15) is 5.75 Å². The van der Waals surface area contributed by atoms with Crippen molar-refractivity contribution in [3.8, 4) is 5.75 Å². The van der Waals surface area contributed by atoms with Crippen LogP contribution in [0.2, 0.25) is 0 Å².